The fourth-order valence-electron chi connectivity index (χ4n) is 1.27. The molecule has 0 heterocycles. The summed E-state index contributed by atoms with van der Waals surface area (Å²) in [4.78, 5) is 11.2. The molecule has 17 heavy (non-hydrogen) atoms. The second-order valence-corrected chi connectivity index (χ2v) is 4.60. The van der Waals surface area contributed by atoms with Gasteiger partial charge in [0.25, 0.3) is 0 Å². The van der Waals surface area contributed by atoms with E-state index in [0.717, 1.165) is 0 Å². The molecule has 0 aliphatic carbocycles. The van der Waals surface area contributed by atoms with Gasteiger partial charge in [-0.1, -0.05) is 39.8 Å². The maximum Gasteiger partial charge on any atom is 0.311 e. The number of rotatable bonds is 5. The predicted molar refractivity (Wildman–Crippen MR) is 67.0 cm³/mol. The summed E-state index contributed by atoms with van der Waals surface area (Å²) in [6, 6.07) is 7.81. The zero-order chi connectivity index (χ0) is 12.8. The summed E-state index contributed by atoms with van der Waals surface area (Å²) in [7, 11) is 0. The van der Waals surface area contributed by atoms with E-state index >= 15 is 0 Å². The Balaban J connectivity index is 2.40. The van der Waals surface area contributed by atoms with E-state index in [9.17, 15) is 4.79 Å². The molecule has 0 amide bonds. The van der Waals surface area contributed by atoms with Crippen LogP contribution < -0.4 is 4.74 Å². The molecule has 0 bridgehead atoms. The van der Waals surface area contributed by atoms with Gasteiger partial charge in [0.2, 0.25) is 6.79 Å². The highest BCUT2D eigenvalue weighted by Gasteiger charge is 2.07. The summed E-state index contributed by atoms with van der Waals surface area (Å²) in [5.74, 6) is 0.847. The van der Waals surface area contributed by atoms with Crippen molar-refractivity contribution in [2.24, 2.45) is 5.92 Å². The Morgan fingerprint density at radius 3 is 2.18 bits per heavy atom. The van der Waals surface area contributed by atoms with Crippen LogP contribution in [0.1, 0.15) is 39.2 Å². The van der Waals surface area contributed by atoms with Crippen LogP contribution in [0.4, 0.5) is 0 Å². The molecule has 0 spiro atoms. The van der Waals surface area contributed by atoms with Gasteiger partial charge in [-0.15, -0.1) is 0 Å². The summed E-state index contributed by atoms with van der Waals surface area (Å²) in [5, 5.41) is 0. The number of benzene rings is 1. The molecule has 1 rings (SSSR count). The highest BCUT2D eigenvalue weighted by atomic mass is 16.7. The minimum atomic E-state index is -0.246. The van der Waals surface area contributed by atoms with Crippen LogP contribution in [0.25, 0.3) is 0 Å². The Labute approximate surface area is 103 Å². The highest BCUT2D eigenvalue weighted by Crippen LogP contribution is 2.18. The molecule has 0 N–H and O–H groups in total. The van der Waals surface area contributed by atoms with Gasteiger partial charge in [-0.3, -0.25) is 4.79 Å². The lowest BCUT2D eigenvalue weighted by molar-refractivity contribution is -0.153. The van der Waals surface area contributed by atoms with E-state index in [2.05, 4.69) is 13.8 Å². The summed E-state index contributed by atoms with van der Waals surface area (Å²) in [6.07, 6.45) is 0. The van der Waals surface area contributed by atoms with Crippen LogP contribution in [0.5, 0.6) is 5.75 Å². The first kappa shape index (κ1) is 13.6. The van der Waals surface area contributed by atoms with Crippen LogP contribution in [-0.4, -0.2) is 12.8 Å². The molecule has 0 saturated heterocycles. The second-order valence-electron chi connectivity index (χ2n) is 4.60. The first-order chi connectivity index (χ1) is 8.00. The van der Waals surface area contributed by atoms with Crippen LogP contribution in [0, 0.1) is 5.92 Å². The minimum Gasteiger partial charge on any atom is -0.457 e. The van der Waals surface area contributed by atoms with Crippen molar-refractivity contribution < 1.29 is 14.3 Å². The number of carbonyl (C=O) groups is 1. The molecule has 0 aliphatic rings. The van der Waals surface area contributed by atoms with Crippen LogP contribution in [0.2, 0.25) is 0 Å². The van der Waals surface area contributed by atoms with Crippen molar-refractivity contribution in [1.82, 2.24) is 0 Å². The van der Waals surface area contributed by atoms with Gasteiger partial charge >= 0.3 is 5.97 Å². The molecule has 0 aliphatic heterocycles. The third-order valence-corrected chi connectivity index (χ3v) is 2.44. The van der Waals surface area contributed by atoms with Crippen molar-refractivity contribution in [3.05, 3.63) is 29.8 Å². The minimum absolute atomic E-state index is 0.0297. The van der Waals surface area contributed by atoms with E-state index in [0.29, 0.717) is 11.7 Å². The smallest absolute Gasteiger partial charge is 0.311 e. The fraction of sp³-hybridized carbons (Fsp3) is 0.500. The predicted octanol–water partition coefficient (Wildman–Crippen LogP) is 3.35. The van der Waals surface area contributed by atoms with E-state index < -0.39 is 0 Å². The van der Waals surface area contributed by atoms with Gasteiger partial charge in [-0.2, -0.15) is 0 Å². The molecule has 0 radical (unpaired) electrons. The van der Waals surface area contributed by atoms with Gasteiger partial charge in [0.05, 0.1) is 5.92 Å². The monoisotopic (exact) mass is 236 g/mol. The van der Waals surface area contributed by atoms with Gasteiger partial charge in [0.15, 0.2) is 0 Å². The first-order valence-electron chi connectivity index (χ1n) is 5.90. The standard InChI is InChI=1S/C14H20O3/c1-10(2)12-5-7-13(8-6-12)16-9-17-14(15)11(3)4/h5-8,10-11H,9H2,1-4H3. The number of ether oxygens (including phenoxy) is 2. The van der Waals surface area contributed by atoms with Crippen LogP contribution in [-0.2, 0) is 9.53 Å². The molecule has 0 saturated carbocycles. The van der Waals surface area contributed by atoms with Gasteiger partial charge in [0, 0.05) is 0 Å². The average Bonchev–Trinajstić information content (AvgIpc) is 2.29. The molecule has 0 aromatic heterocycles. The first-order valence-corrected chi connectivity index (χ1v) is 5.90. The van der Waals surface area contributed by atoms with Crippen LogP contribution in [0.3, 0.4) is 0 Å². The Kier molecular flexibility index (Phi) is 5.01. The highest BCUT2D eigenvalue weighted by molar-refractivity contribution is 5.71. The van der Waals surface area contributed by atoms with E-state index in [1.807, 2.05) is 24.3 Å². The van der Waals surface area contributed by atoms with Gasteiger partial charge in [-0.25, -0.2) is 0 Å². The molecular weight excluding hydrogens is 216 g/mol. The molecule has 0 fully saturated rings. The average molecular weight is 236 g/mol. The Bertz CT molecular complexity index is 352. The van der Waals surface area contributed by atoms with Crippen LogP contribution >= 0.6 is 0 Å². The van der Waals surface area contributed by atoms with Crippen molar-refractivity contribution in [3.8, 4) is 5.75 Å². The zero-order valence-electron chi connectivity index (χ0n) is 10.9. The van der Waals surface area contributed by atoms with Crippen molar-refractivity contribution >= 4 is 5.97 Å². The largest absolute Gasteiger partial charge is 0.457 e. The summed E-state index contributed by atoms with van der Waals surface area (Å²) in [5.41, 5.74) is 1.26. The van der Waals surface area contributed by atoms with Gasteiger partial charge in [-0.05, 0) is 23.6 Å². The topological polar surface area (TPSA) is 35.5 Å². The number of esters is 1. The third-order valence-electron chi connectivity index (χ3n) is 2.44. The lowest BCUT2D eigenvalue weighted by Gasteiger charge is -2.10. The zero-order valence-corrected chi connectivity index (χ0v) is 10.9. The van der Waals surface area contributed by atoms with Gasteiger partial charge < -0.3 is 9.47 Å². The van der Waals surface area contributed by atoms with Crippen molar-refractivity contribution in [2.75, 3.05) is 6.79 Å². The molecule has 94 valence electrons. The molecule has 3 heteroatoms. The Hall–Kier alpha value is -1.51. The lowest BCUT2D eigenvalue weighted by Crippen LogP contribution is -2.15. The summed E-state index contributed by atoms with van der Waals surface area (Å²) < 4.78 is 10.2. The van der Waals surface area contributed by atoms with Crippen molar-refractivity contribution in [3.63, 3.8) is 0 Å². The van der Waals surface area contributed by atoms with E-state index in [1.165, 1.54) is 5.56 Å². The summed E-state index contributed by atoms with van der Waals surface area (Å²) in [6.45, 7) is 7.83. The number of hydrogen-bond acceptors (Lipinski definition) is 3. The molecule has 3 nitrogen and oxygen atoms in total. The van der Waals surface area contributed by atoms with E-state index in [4.69, 9.17) is 9.47 Å². The molecule has 1 aromatic carbocycles. The molecule has 0 unspecified atom stereocenters. The maximum absolute atomic E-state index is 11.2. The Morgan fingerprint density at radius 2 is 1.71 bits per heavy atom. The fourth-order valence-corrected chi connectivity index (χ4v) is 1.27. The molecular formula is C14H20O3. The van der Waals surface area contributed by atoms with Crippen molar-refractivity contribution in [2.45, 2.75) is 33.6 Å². The van der Waals surface area contributed by atoms with Gasteiger partial charge in [0.1, 0.15) is 5.75 Å². The van der Waals surface area contributed by atoms with E-state index in [1.54, 1.807) is 13.8 Å². The van der Waals surface area contributed by atoms with Crippen LogP contribution in [0.15, 0.2) is 24.3 Å². The van der Waals surface area contributed by atoms with Crippen molar-refractivity contribution in [1.29, 1.82) is 0 Å². The quantitative estimate of drug-likeness (QED) is 0.581. The third kappa shape index (κ3) is 4.47. The Morgan fingerprint density at radius 1 is 1.12 bits per heavy atom. The second kappa shape index (κ2) is 6.28. The lowest BCUT2D eigenvalue weighted by atomic mass is 10.0. The van der Waals surface area contributed by atoms with E-state index in [-0.39, 0.29) is 18.7 Å². The number of hydrogen-bond donors (Lipinski definition) is 0. The maximum atomic E-state index is 11.2. The number of carbonyl (C=O) groups excluding carboxylic acids is 1. The summed E-state index contributed by atoms with van der Waals surface area (Å²) >= 11 is 0. The SMILES string of the molecule is CC(C)C(=O)OCOc1ccc(C(C)C)cc1. The molecule has 1 aromatic rings. The molecule has 0 atom stereocenters. The normalized spacial score (nSPS) is 10.7.